The summed E-state index contributed by atoms with van der Waals surface area (Å²) in [6.45, 7) is 4.32. The van der Waals surface area contributed by atoms with E-state index in [1.54, 1.807) is 0 Å². The van der Waals surface area contributed by atoms with E-state index in [0.29, 0.717) is 0 Å². The lowest BCUT2D eigenvalue weighted by Crippen LogP contribution is -2.25. The highest BCUT2D eigenvalue weighted by molar-refractivity contribution is 6.27. The maximum absolute atomic E-state index is 2.55. The molecular weight excluding hydrogens is 627 g/mol. The van der Waals surface area contributed by atoms with E-state index in [4.69, 9.17) is 0 Å². The van der Waals surface area contributed by atoms with Crippen molar-refractivity contribution in [3.8, 4) is 22.3 Å². The molecule has 0 atom stereocenters. The summed E-state index contributed by atoms with van der Waals surface area (Å²) >= 11 is 0. The summed E-state index contributed by atoms with van der Waals surface area (Å²) in [5.74, 6) is 0. The Morgan fingerprint density at radius 2 is 0.808 bits per heavy atom. The third kappa shape index (κ3) is 3.88. The SMILES string of the molecule is Cc1ccc(N(c2cccc(C)c2)c2ccc3c(c2)c2ccccc2c2cc4c(cc32)C2(c3ccccc3-c3ccccc32)c2ccccc2-4)cc1. The molecular formula is C51H35N. The monoisotopic (exact) mass is 661 g/mol. The quantitative estimate of drug-likeness (QED) is 0.170. The Labute approximate surface area is 304 Å². The van der Waals surface area contributed by atoms with Crippen LogP contribution in [-0.2, 0) is 5.41 Å². The maximum atomic E-state index is 2.55. The molecule has 1 nitrogen and oxygen atoms in total. The van der Waals surface area contributed by atoms with Crippen LogP contribution in [-0.4, -0.2) is 0 Å². The van der Waals surface area contributed by atoms with Gasteiger partial charge >= 0.3 is 0 Å². The van der Waals surface area contributed by atoms with Crippen LogP contribution in [0.25, 0.3) is 54.6 Å². The number of hydrogen-bond donors (Lipinski definition) is 0. The molecule has 9 aromatic rings. The summed E-state index contributed by atoms with van der Waals surface area (Å²) in [6.07, 6.45) is 0. The van der Waals surface area contributed by atoms with Gasteiger partial charge in [0.15, 0.2) is 0 Å². The van der Waals surface area contributed by atoms with Gasteiger partial charge in [-0.05, 0) is 145 Å². The van der Waals surface area contributed by atoms with Crippen molar-refractivity contribution in [1.82, 2.24) is 0 Å². The van der Waals surface area contributed by atoms with Crippen molar-refractivity contribution in [2.75, 3.05) is 4.90 Å². The molecule has 1 heteroatoms. The molecule has 2 aliphatic carbocycles. The molecule has 0 radical (unpaired) electrons. The van der Waals surface area contributed by atoms with Crippen molar-refractivity contribution in [2.45, 2.75) is 19.3 Å². The molecule has 0 amide bonds. The van der Waals surface area contributed by atoms with E-state index < -0.39 is 0 Å². The molecule has 2 aliphatic rings. The Hall–Kier alpha value is -6.44. The summed E-state index contributed by atoms with van der Waals surface area (Å²) in [6, 6.07) is 66.1. The number of anilines is 3. The van der Waals surface area contributed by atoms with E-state index in [-0.39, 0.29) is 5.41 Å². The maximum Gasteiger partial charge on any atom is 0.0725 e. The molecule has 1 spiro atoms. The molecule has 244 valence electrons. The van der Waals surface area contributed by atoms with Crippen LogP contribution < -0.4 is 4.90 Å². The van der Waals surface area contributed by atoms with Crippen LogP contribution in [0.1, 0.15) is 33.4 Å². The molecule has 11 rings (SSSR count). The van der Waals surface area contributed by atoms with Crippen LogP contribution in [0.3, 0.4) is 0 Å². The highest BCUT2D eigenvalue weighted by Crippen LogP contribution is 2.63. The van der Waals surface area contributed by atoms with Crippen LogP contribution >= 0.6 is 0 Å². The Morgan fingerprint density at radius 3 is 1.44 bits per heavy atom. The highest BCUT2D eigenvalue weighted by atomic mass is 15.1. The predicted molar refractivity (Wildman–Crippen MR) is 219 cm³/mol. The molecule has 0 saturated heterocycles. The van der Waals surface area contributed by atoms with Crippen LogP contribution in [0.4, 0.5) is 17.1 Å². The Bertz CT molecular complexity index is 2880. The van der Waals surface area contributed by atoms with E-state index in [2.05, 4.69) is 195 Å². The lowest BCUT2D eigenvalue weighted by molar-refractivity contribution is 0.795. The van der Waals surface area contributed by atoms with Gasteiger partial charge in [-0.1, -0.05) is 133 Å². The van der Waals surface area contributed by atoms with Gasteiger partial charge in [0.2, 0.25) is 0 Å². The number of nitrogens with zero attached hydrogens (tertiary/aromatic N) is 1. The van der Waals surface area contributed by atoms with Crippen molar-refractivity contribution >= 4 is 49.4 Å². The zero-order valence-corrected chi connectivity index (χ0v) is 29.2. The normalized spacial score (nSPS) is 13.3. The summed E-state index contributed by atoms with van der Waals surface area (Å²) < 4.78 is 0. The number of hydrogen-bond acceptors (Lipinski definition) is 1. The average Bonchev–Trinajstić information content (AvgIpc) is 3.65. The molecule has 0 unspecified atom stereocenters. The first-order chi connectivity index (χ1) is 25.6. The van der Waals surface area contributed by atoms with Gasteiger partial charge in [0, 0.05) is 17.1 Å². The largest absolute Gasteiger partial charge is 0.310 e. The Morgan fingerprint density at radius 1 is 0.308 bits per heavy atom. The van der Waals surface area contributed by atoms with Crippen molar-refractivity contribution in [2.24, 2.45) is 0 Å². The van der Waals surface area contributed by atoms with E-state index >= 15 is 0 Å². The van der Waals surface area contributed by atoms with Crippen molar-refractivity contribution in [3.05, 3.63) is 209 Å². The number of aryl methyl sites for hydroxylation is 2. The third-order valence-electron chi connectivity index (χ3n) is 11.7. The van der Waals surface area contributed by atoms with E-state index in [9.17, 15) is 0 Å². The van der Waals surface area contributed by atoms with Crippen LogP contribution in [0.2, 0.25) is 0 Å². The summed E-state index contributed by atoms with van der Waals surface area (Å²) in [5, 5.41) is 7.70. The number of fused-ring (bicyclic) bond motifs is 16. The number of rotatable bonds is 3. The van der Waals surface area contributed by atoms with E-state index in [1.165, 1.54) is 88.0 Å². The summed E-state index contributed by atoms with van der Waals surface area (Å²) in [5.41, 5.74) is 16.4. The minimum absolute atomic E-state index is 0.376. The highest BCUT2D eigenvalue weighted by Gasteiger charge is 2.51. The second-order valence-electron chi connectivity index (χ2n) is 14.6. The number of benzene rings is 9. The molecule has 0 bridgehead atoms. The Balaban J connectivity index is 1.23. The fourth-order valence-electron chi connectivity index (χ4n) is 9.57. The van der Waals surface area contributed by atoms with Crippen LogP contribution in [0.15, 0.2) is 176 Å². The first kappa shape index (κ1) is 29.3. The fourth-order valence-corrected chi connectivity index (χ4v) is 9.57. The van der Waals surface area contributed by atoms with Gasteiger partial charge in [-0.2, -0.15) is 0 Å². The molecule has 9 aromatic carbocycles. The van der Waals surface area contributed by atoms with Gasteiger partial charge < -0.3 is 4.90 Å². The summed E-state index contributed by atoms with van der Waals surface area (Å²) in [4.78, 5) is 2.39. The zero-order valence-electron chi connectivity index (χ0n) is 29.2. The van der Waals surface area contributed by atoms with Gasteiger partial charge in [0.25, 0.3) is 0 Å². The predicted octanol–water partition coefficient (Wildman–Crippen LogP) is 13.6. The van der Waals surface area contributed by atoms with Gasteiger partial charge in [-0.15, -0.1) is 0 Å². The summed E-state index contributed by atoms with van der Waals surface area (Å²) in [7, 11) is 0. The van der Waals surface area contributed by atoms with Crippen LogP contribution in [0, 0.1) is 13.8 Å². The fraction of sp³-hybridized carbons (Fsp3) is 0.0588. The first-order valence-corrected chi connectivity index (χ1v) is 18.3. The standard InChI is InChI=1S/C51H35N/c1-32-22-24-34(25-23-32)52(35-13-11-12-33(2)28-35)36-26-27-39-43(29-36)37-14-3-4-15-38(37)44-30-46-42-18-7-10-21-49(42)51(50(46)31-45(39)44)47-19-8-5-16-40(47)41-17-6-9-20-48(41)51/h3-31H,1-2H3. The molecule has 0 saturated carbocycles. The van der Waals surface area contributed by atoms with Crippen molar-refractivity contribution in [3.63, 3.8) is 0 Å². The molecule has 0 N–H and O–H groups in total. The van der Waals surface area contributed by atoms with Gasteiger partial charge in [0.05, 0.1) is 5.41 Å². The molecule has 52 heavy (non-hydrogen) atoms. The molecule has 0 fully saturated rings. The smallest absolute Gasteiger partial charge is 0.0725 e. The topological polar surface area (TPSA) is 3.24 Å². The average molecular weight is 662 g/mol. The van der Waals surface area contributed by atoms with Gasteiger partial charge in [0.1, 0.15) is 0 Å². The second kappa shape index (κ2) is 10.8. The zero-order chi connectivity index (χ0) is 34.6. The minimum Gasteiger partial charge on any atom is -0.310 e. The van der Waals surface area contributed by atoms with E-state index in [1.807, 2.05) is 0 Å². The Kier molecular flexibility index (Phi) is 6.08. The molecule has 0 heterocycles. The first-order valence-electron chi connectivity index (χ1n) is 18.3. The van der Waals surface area contributed by atoms with Gasteiger partial charge in [-0.3, -0.25) is 0 Å². The van der Waals surface area contributed by atoms with Gasteiger partial charge in [-0.25, -0.2) is 0 Å². The third-order valence-corrected chi connectivity index (χ3v) is 11.7. The lowest BCUT2D eigenvalue weighted by Gasteiger charge is -2.30. The van der Waals surface area contributed by atoms with E-state index in [0.717, 1.165) is 17.1 Å². The molecule has 0 aromatic heterocycles. The minimum atomic E-state index is -0.376. The second-order valence-corrected chi connectivity index (χ2v) is 14.6. The van der Waals surface area contributed by atoms with Crippen LogP contribution in [0.5, 0.6) is 0 Å². The van der Waals surface area contributed by atoms with Crippen molar-refractivity contribution in [1.29, 1.82) is 0 Å². The molecule has 0 aliphatic heterocycles. The van der Waals surface area contributed by atoms with Crippen molar-refractivity contribution < 1.29 is 0 Å². The lowest BCUT2D eigenvalue weighted by atomic mass is 9.70.